The van der Waals surface area contributed by atoms with Gasteiger partial charge in [0.25, 0.3) is 11.8 Å². The minimum absolute atomic E-state index is 0.0602. The first-order chi connectivity index (χ1) is 13.5. The number of amides is 2. The van der Waals surface area contributed by atoms with Gasteiger partial charge < -0.3 is 21.1 Å². The van der Waals surface area contributed by atoms with Gasteiger partial charge in [-0.3, -0.25) is 14.6 Å². The summed E-state index contributed by atoms with van der Waals surface area (Å²) in [7, 11) is -3.97. The molecule has 2 atom stereocenters. The van der Waals surface area contributed by atoms with Crippen LogP contribution in [0.5, 0.6) is 0 Å². The summed E-state index contributed by atoms with van der Waals surface area (Å²) in [5.74, 6) is -2.39. The van der Waals surface area contributed by atoms with Crippen molar-refractivity contribution in [1.82, 2.24) is 15.2 Å². The number of hydrogen-bond acceptors (Lipinski definition) is 7. The molecule has 2 aliphatic heterocycles. The van der Waals surface area contributed by atoms with Crippen molar-refractivity contribution < 1.29 is 27.9 Å². The number of sulfone groups is 1. The number of carboxylic acid groups (broad SMARTS) is 1. The van der Waals surface area contributed by atoms with Crippen molar-refractivity contribution in [3.8, 4) is 0 Å². The summed E-state index contributed by atoms with van der Waals surface area (Å²) in [6, 6.07) is 1.46. The third-order valence-corrected chi connectivity index (χ3v) is 7.97. The summed E-state index contributed by atoms with van der Waals surface area (Å²) in [5, 5.41) is 10.8. The molecule has 10 nitrogen and oxygen atoms in total. The minimum atomic E-state index is -3.97. The predicted octanol–water partition coefficient (Wildman–Crippen LogP) is -0.628. The molecule has 0 spiro atoms. The van der Waals surface area contributed by atoms with E-state index < -0.39 is 37.9 Å². The van der Waals surface area contributed by atoms with Gasteiger partial charge in [-0.1, -0.05) is 0 Å². The molecule has 2 fully saturated rings. The number of rotatable bonds is 6. The van der Waals surface area contributed by atoms with E-state index in [0.717, 1.165) is 4.90 Å². The van der Waals surface area contributed by atoms with Crippen LogP contribution in [0, 0.1) is 0 Å². The molecule has 2 aliphatic rings. The number of carbonyl (C=O) groups excluding carboxylic acids is 2. The second-order valence-electron chi connectivity index (χ2n) is 7.42. The molecule has 0 saturated carbocycles. The largest absolute Gasteiger partial charge is 0.480 e. The summed E-state index contributed by atoms with van der Waals surface area (Å²) < 4.78 is 24.1. The normalized spacial score (nSPS) is 25.4. The Balaban J connectivity index is 1.91. The highest BCUT2D eigenvalue weighted by Crippen LogP contribution is 2.48. The van der Waals surface area contributed by atoms with Gasteiger partial charge in [0.1, 0.15) is 4.75 Å². The van der Waals surface area contributed by atoms with Gasteiger partial charge in [0.15, 0.2) is 21.3 Å². The van der Waals surface area contributed by atoms with Crippen LogP contribution in [0.15, 0.2) is 23.9 Å². The minimum Gasteiger partial charge on any atom is -0.480 e. The molecule has 29 heavy (non-hydrogen) atoms. The van der Waals surface area contributed by atoms with Crippen molar-refractivity contribution >= 4 is 33.7 Å². The zero-order chi connectivity index (χ0) is 21.6. The Morgan fingerprint density at radius 2 is 2.10 bits per heavy atom. The molecular formula is C18H22N4O6S. The molecule has 0 aromatic carbocycles. The molecule has 4 N–H and O–H groups in total. The van der Waals surface area contributed by atoms with Crippen LogP contribution in [0.25, 0.3) is 6.08 Å². The van der Waals surface area contributed by atoms with Crippen LogP contribution in [0.4, 0.5) is 0 Å². The van der Waals surface area contributed by atoms with Crippen molar-refractivity contribution in [3.05, 3.63) is 35.2 Å². The van der Waals surface area contributed by atoms with Gasteiger partial charge in [-0.25, -0.2) is 13.2 Å². The van der Waals surface area contributed by atoms with E-state index in [1.165, 1.54) is 38.3 Å². The summed E-state index contributed by atoms with van der Waals surface area (Å²) in [6.45, 7) is 3.45. The van der Waals surface area contributed by atoms with E-state index in [1.807, 2.05) is 0 Å². The Morgan fingerprint density at radius 1 is 1.41 bits per heavy atom. The Labute approximate surface area is 167 Å². The molecule has 2 saturated heterocycles. The molecule has 1 unspecified atom stereocenters. The maximum Gasteiger partial charge on any atom is 0.328 e. The van der Waals surface area contributed by atoms with Crippen molar-refractivity contribution in [3.63, 3.8) is 0 Å². The lowest BCUT2D eigenvalue weighted by molar-refractivity contribution is -0.152. The first-order valence-corrected chi connectivity index (χ1v) is 10.5. The van der Waals surface area contributed by atoms with Gasteiger partial charge in [-0.2, -0.15) is 0 Å². The standard InChI is InChI=1S/C18H22N4O6S/c1-18(2)13(17(25)26)22-15(24)12(16(22)29(18,27)28)9-11-8-10(4-7-20-11)14(23)21-6-3-5-19/h4,7-9,13,16H,3,5-6,19H2,1-2H3,(H,21,23)(H,25,26)/b12-9-/t13-,16?/m0/s1. The fraction of sp³-hybridized carbons (Fsp3) is 0.444. The second kappa shape index (κ2) is 7.23. The number of nitrogens with one attached hydrogen (secondary N) is 1. The Kier molecular flexibility index (Phi) is 5.22. The molecule has 0 radical (unpaired) electrons. The molecule has 1 aromatic heterocycles. The van der Waals surface area contributed by atoms with Crippen LogP contribution in [0.2, 0.25) is 0 Å². The van der Waals surface area contributed by atoms with Crippen LogP contribution in [0.1, 0.15) is 36.3 Å². The molecular weight excluding hydrogens is 400 g/mol. The Bertz CT molecular complexity index is 1020. The predicted molar refractivity (Wildman–Crippen MR) is 103 cm³/mol. The molecule has 0 aliphatic carbocycles. The van der Waals surface area contributed by atoms with Crippen LogP contribution in [-0.4, -0.2) is 70.4 Å². The highest BCUT2D eigenvalue weighted by Gasteiger charge is 2.70. The molecule has 3 rings (SSSR count). The summed E-state index contributed by atoms with van der Waals surface area (Å²) in [5.41, 5.74) is 5.85. The fourth-order valence-corrected chi connectivity index (χ4v) is 5.70. The second-order valence-corrected chi connectivity index (χ2v) is 10.0. The van der Waals surface area contributed by atoms with E-state index in [-0.39, 0.29) is 17.2 Å². The lowest BCUT2D eigenvalue weighted by atomic mass is 9.95. The number of carboxylic acids is 1. The quantitative estimate of drug-likeness (QED) is 0.310. The average molecular weight is 422 g/mol. The van der Waals surface area contributed by atoms with E-state index >= 15 is 0 Å². The summed E-state index contributed by atoms with van der Waals surface area (Å²) in [6.07, 6.45) is 3.29. The van der Waals surface area contributed by atoms with Crippen LogP contribution in [0.3, 0.4) is 0 Å². The average Bonchev–Trinajstić information content (AvgIpc) is 2.80. The number of fused-ring (bicyclic) bond motifs is 1. The summed E-state index contributed by atoms with van der Waals surface area (Å²) >= 11 is 0. The Morgan fingerprint density at radius 3 is 2.72 bits per heavy atom. The lowest BCUT2D eigenvalue weighted by Gasteiger charge is -2.37. The van der Waals surface area contributed by atoms with Gasteiger partial charge in [-0.05, 0) is 45.0 Å². The van der Waals surface area contributed by atoms with Crippen molar-refractivity contribution in [1.29, 1.82) is 0 Å². The lowest BCUT2D eigenvalue weighted by Crippen LogP contribution is -2.58. The number of β-lactam (4-membered cyclic amide) rings is 1. The van der Waals surface area contributed by atoms with Crippen molar-refractivity contribution in [2.45, 2.75) is 36.4 Å². The zero-order valence-electron chi connectivity index (χ0n) is 16.0. The highest BCUT2D eigenvalue weighted by molar-refractivity contribution is 7.94. The number of nitrogens with zero attached hydrogens (tertiary/aromatic N) is 2. The van der Waals surface area contributed by atoms with Gasteiger partial charge in [0, 0.05) is 18.3 Å². The number of aliphatic carboxylic acids is 1. The monoisotopic (exact) mass is 422 g/mol. The molecule has 2 amide bonds. The smallest absolute Gasteiger partial charge is 0.328 e. The first-order valence-electron chi connectivity index (χ1n) is 8.99. The third-order valence-electron chi connectivity index (χ3n) is 5.21. The molecule has 0 bridgehead atoms. The number of aromatic nitrogens is 1. The van der Waals surface area contributed by atoms with Crippen LogP contribution >= 0.6 is 0 Å². The first kappa shape index (κ1) is 20.9. The van der Waals surface area contributed by atoms with E-state index in [1.54, 1.807) is 0 Å². The zero-order valence-corrected chi connectivity index (χ0v) is 16.8. The van der Waals surface area contributed by atoms with E-state index in [9.17, 15) is 27.9 Å². The van der Waals surface area contributed by atoms with Gasteiger partial charge >= 0.3 is 5.97 Å². The topological polar surface area (TPSA) is 160 Å². The Hall–Kier alpha value is -2.79. The number of nitrogens with two attached hydrogens (primary N) is 1. The highest BCUT2D eigenvalue weighted by atomic mass is 32.2. The van der Waals surface area contributed by atoms with Gasteiger partial charge in [0.2, 0.25) is 0 Å². The van der Waals surface area contributed by atoms with Crippen molar-refractivity contribution in [2.24, 2.45) is 5.73 Å². The van der Waals surface area contributed by atoms with E-state index in [4.69, 9.17) is 5.73 Å². The molecule has 156 valence electrons. The van der Waals surface area contributed by atoms with Gasteiger partial charge in [0.05, 0.1) is 11.3 Å². The molecule has 11 heteroatoms. The van der Waals surface area contributed by atoms with Crippen LogP contribution < -0.4 is 11.1 Å². The van der Waals surface area contributed by atoms with Crippen molar-refractivity contribution in [2.75, 3.05) is 13.1 Å². The summed E-state index contributed by atoms with van der Waals surface area (Å²) in [4.78, 5) is 41.2. The van der Waals surface area contributed by atoms with Crippen LogP contribution in [-0.2, 0) is 19.4 Å². The SMILES string of the molecule is CC1(C)[C@H](C(=O)O)N2C(=O)/C(=C/c3cc(C(=O)NCCCN)ccn3)C2S1(=O)=O. The third kappa shape index (κ3) is 3.19. The van der Waals surface area contributed by atoms with E-state index in [2.05, 4.69) is 10.3 Å². The maximum absolute atomic E-state index is 12.9. The molecule has 3 heterocycles. The number of hydrogen-bond donors (Lipinski definition) is 3. The van der Waals surface area contributed by atoms with Gasteiger partial charge in [-0.15, -0.1) is 0 Å². The maximum atomic E-state index is 12.9. The fourth-order valence-electron chi connectivity index (χ4n) is 3.58. The number of pyridine rings is 1. The van der Waals surface area contributed by atoms with E-state index in [0.29, 0.717) is 25.1 Å². The molecule has 1 aromatic rings. The number of carbonyl (C=O) groups is 3.